The molecule has 1 unspecified atom stereocenters. The molecule has 2 aromatic heterocycles. The highest BCUT2D eigenvalue weighted by Crippen LogP contribution is 2.70. The number of furan rings is 1. The average Bonchev–Trinajstić information content (AvgIpc) is 2.90. The molecule has 3 aliphatic heterocycles. The second-order valence-corrected chi connectivity index (χ2v) is 7.89. The number of nitrogens with zero attached hydrogens (tertiary/aromatic N) is 1. The zero-order chi connectivity index (χ0) is 12.7. The zero-order valence-electron chi connectivity index (χ0n) is 10.6. The average molecular weight is 263 g/mol. The Morgan fingerprint density at radius 3 is 2.50 bits per heavy atom. The Bertz CT molecular complexity index is 714. The van der Waals surface area contributed by atoms with Crippen molar-refractivity contribution in [1.29, 1.82) is 0 Å². The van der Waals surface area contributed by atoms with E-state index >= 15 is 0 Å². The van der Waals surface area contributed by atoms with Crippen LogP contribution in [0.3, 0.4) is 0 Å². The maximum atomic E-state index is 12.0. The van der Waals surface area contributed by atoms with E-state index in [1.807, 2.05) is 6.92 Å². The quantitative estimate of drug-likeness (QED) is 0.528. The van der Waals surface area contributed by atoms with E-state index in [2.05, 4.69) is 18.8 Å². The molecule has 2 aromatic rings. The van der Waals surface area contributed by atoms with Crippen LogP contribution >= 0.6 is 7.14 Å². The lowest BCUT2D eigenvalue weighted by molar-refractivity contribution is 0.436. The van der Waals surface area contributed by atoms with Crippen LogP contribution in [0.4, 0.5) is 0 Å². The van der Waals surface area contributed by atoms with Crippen LogP contribution in [0.5, 0.6) is 0 Å². The van der Waals surface area contributed by atoms with Gasteiger partial charge in [0.2, 0.25) is 7.14 Å². The molecule has 0 saturated heterocycles. The van der Waals surface area contributed by atoms with E-state index < -0.39 is 7.14 Å². The molecule has 0 amide bonds. The number of hydrogen-bond donors (Lipinski definition) is 0. The summed E-state index contributed by atoms with van der Waals surface area (Å²) in [5, 5.41) is 1.91. The summed E-state index contributed by atoms with van der Waals surface area (Å²) in [4.78, 5) is 4.49. The van der Waals surface area contributed by atoms with Crippen molar-refractivity contribution >= 4 is 23.3 Å². The summed E-state index contributed by atoms with van der Waals surface area (Å²) >= 11 is 0. The van der Waals surface area contributed by atoms with Gasteiger partial charge in [-0.2, -0.15) is 0 Å². The SMILES string of the molecule is CCc1nc(-c2oc3c4c2P34=O)c(CC(C)C)o1. The highest BCUT2D eigenvalue weighted by Gasteiger charge is 2.75. The molecular weight excluding hydrogens is 249 g/mol. The number of fused-ring (bicyclic) bond motifs is 1. The number of aryl methyl sites for hydroxylation is 1. The molecule has 5 heteroatoms. The first-order valence-electron chi connectivity index (χ1n) is 6.34. The summed E-state index contributed by atoms with van der Waals surface area (Å²) in [6.45, 7) is 6.29. The number of hydrogen-bond acceptors (Lipinski definition) is 4. The smallest absolute Gasteiger partial charge is 0.214 e. The molecule has 3 aliphatic rings. The predicted molar refractivity (Wildman–Crippen MR) is 68.6 cm³/mol. The second kappa shape index (κ2) is 3.00. The first kappa shape index (κ1) is 10.6. The topological polar surface area (TPSA) is 56.2 Å². The molecule has 18 heavy (non-hydrogen) atoms. The van der Waals surface area contributed by atoms with E-state index in [1.54, 1.807) is 0 Å². The first-order chi connectivity index (χ1) is 8.57. The number of rotatable bonds is 4. The van der Waals surface area contributed by atoms with Crippen LogP contribution in [0, 0.1) is 5.92 Å². The fourth-order valence-electron chi connectivity index (χ4n) is 2.50. The number of oxazole rings is 1. The van der Waals surface area contributed by atoms with Gasteiger partial charge in [-0.1, -0.05) is 20.8 Å². The van der Waals surface area contributed by atoms with Crippen molar-refractivity contribution in [3.05, 3.63) is 11.7 Å². The van der Waals surface area contributed by atoms with Gasteiger partial charge in [0.05, 0.1) is 10.6 Å². The lowest BCUT2D eigenvalue weighted by Crippen LogP contribution is -1.99. The van der Waals surface area contributed by atoms with Gasteiger partial charge in [0.25, 0.3) is 0 Å². The van der Waals surface area contributed by atoms with E-state index in [0.29, 0.717) is 11.7 Å². The van der Waals surface area contributed by atoms with Crippen molar-refractivity contribution in [2.75, 3.05) is 0 Å². The maximum absolute atomic E-state index is 12.0. The minimum Gasteiger partial charge on any atom is -0.449 e. The summed E-state index contributed by atoms with van der Waals surface area (Å²) < 4.78 is 23.4. The maximum Gasteiger partial charge on any atom is 0.214 e. The minimum atomic E-state index is -2.16. The van der Waals surface area contributed by atoms with Crippen molar-refractivity contribution in [1.82, 2.24) is 4.98 Å². The Kier molecular flexibility index (Phi) is 1.77. The molecular formula is C13H14NO3P. The van der Waals surface area contributed by atoms with Crippen molar-refractivity contribution in [2.45, 2.75) is 33.6 Å². The second-order valence-electron chi connectivity index (χ2n) is 5.37. The van der Waals surface area contributed by atoms with Gasteiger partial charge in [-0.05, 0) is 5.92 Å². The minimum absolute atomic E-state index is 0.493. The molecule has 5 rings (SSSR count). The van der Waals surface area contributed by atoms with Crippen LogP contribution in [0.15, 0.2) is 8.83 Å². The first-order valence-corrected chi connectivity index (χ1v) is 8.05. The van der Waals surface area contributed by atoms with Crippen LogP contribution in [0.25, 0.3) is 11.5 Å². The molecule has 0 aromatic carbocycles. The molecule has 4 nitrogen and oxygen atoms in total. The van der Waals surface area contributed by atoms with Crippen LogP contribution in [-0.4, -0.2) is 4.98 Å². The Hall–Kier alpha value is -1.28. The van der Waals surface area contributed by atoms with Crippen LogP contribution in [-0.2, 0) is 17.4 Å². The summed E-state index contributed by atoms with van der Waals surface area (Å²) in [6, 6.07) is 0. The Balaban J connectivity index is 1.81. The molecule has 0 N–H and O–H groups in total. The Morgan fingerprint density at radius 2 is 2.00 bits per heavy atom. The van der Waals surface area contributed by atoms with Crippen molar-refractivity contribution < 1.29 is 13.4 Å². The van der Waals surface area contributed by atoms with Gasteiger partial charge in [-0.3, -0.25) is 0 Å². The lowest BCUT2D eigenvalue weighted by atomic mass is 10.1. The molecule has 94 valence electrons. The summed E-state index contributed by atoms with van der Waals surface area (Å²) in [5.74, 6) is 2.80. The number of aromatic nitrogens is 1. The highest BCUT2D eigenvalue weighted by molar-refractivity contribution is 8.06. The summed E-state index contributed by atoms with van der Waals surface area (Å²) in [7, 11) is -2.16. The molecule has 0 radical (unpaired) electrons. The fraction of sp³-hybridized carbons (Fsp3) is 0.462. The van der Waals surface area contributed by atoms with E-state index in [9.17, 15) is 4.57 Å². The largest absolute Gasteiger partial charge is 0.449 e. The van der Waals surface area contributed by atoms with Crippen molar-refractivity contribution in [3.8, 4) is 11.5 Å². The van der Waals surface area contributed by atoms with Gasteiger partial charge in [0.15, 0.2) is 17.2 Å². The van der Waals surface area contributed by atoms with E-state index in [4.69, 9.17) is 8.83 Å². The third kappa shape index (κ3) is 1.08. The monoisotopic (exact) mass is 263 g/mol. The van der Waals surface area contributed by atoms with E-state index in [1.165, 1.54) is 0 Å². The molecule has 0 fully saturated rings. The lowest BCUT2D eigenvalue weighted by Gasteiger charge is -2.01. The Labute approximate surface area is 105 Å². The highest BCUT2D eigenvalue weighted by atomic mass is 31.2. The van der Waals surface area contributed by atoms with E-state index in [0.717, 1.165) is 46.3 Å². The van der Waals surface area contributed by atoms with Crippen LogP contribution < -0.4 is 16.1 Å². The van der Waals surface area contributed by atoms with Gasteiger partial charge >= 0.3 is 0 Å². The Morgan fingerprint density at radius 1 is 1.28 bits per heavy atom. The summed E-state index contributed by atoms with van der Waals surface area (Å²) in [6.07, 6.45) is 1.59. The van der Waals surface area contributed by atoms with Gasteiger partial charge in [0, 0.05) is 12.8 Å². The molecule has 0 aliphatic carbocycles. The van der Waals surface area contributed by atoms with Gasteiger partial charge < -0.3 is 13.4 Å². The third-order valence-electron chi connectivity index (χ3n) is 3.51. The third-order valence-corrected chi connectivity index (χ3v) is 6.06. The molecule has 0 saturated carbocycles. The standard InChI is InChI=1S/C13H14NO3P/c1-4-8-14-9(7(16-8)5-6(2)3)10-11-12-13(17-10)18(11,12)15/h6H,4-5H2,1-3H3. The van der Waals surface area contributed by atoms with Crippen molar-refractivity contribution in [2.24, 2.45) is 5.92 Å². The van der Waals surface area contributed by atoms with E-state index in [-0.39, 0.29) is 0 Å². The molecule has 0 spiro atoms. The zero-order valence-corrected chi connectivity index (χ0v) is 11.5. The van der Waals surface area contributed by atoms with Crippen LogP contribution in [0.1, 0.15) is 32.4 Å². The predicted octanol–water partition coefficient (Wildman–Crippen LogP) is 1.96. The normalized spacial score (nSPS) is 22.4. The fourth-order valence-corrected chi connectivity index (χ4v) is 4.98. The molecule has 2 bridgehead atoms. The summed E-state index contributed by atoms with van der Waals surface area (Å²) in [5.41, 5.74) is 1.50. The van der Waals surface area contributed by atoms with Gasteiger partial charge in [-0.25, -0.2) is 4.98 Å². The van der Waals surface area contributed by atoms with Gasteiger partial charge in [-0.15, -0.1) is 0 Å². The van der Waals surface area contributed by atoms with Crippen LogP contribution in [0.2, 0.25) is 0 Å². The van der Waals surface area contributed by atoms with Crippen molar-refractivity contribution in [3.63, 3.8) is 0 Å². The molecule has 1 atom stereocenters. The van der Waals surface area contributed by atoms with Gasteiger partial charge in [0.1, 0.15) is 11.5 Å². The molecule has 5 heterocycles.